The number of hydrogen-bond acceptors (Lipinski definition) is 7. The number of anilines is 3. The van der Waals surface area contributed by atoms with Gasteiger partial charge in [0.25, 0.3) is 5.91 Å². The molecule has 2 aromatic carbocycles. The van der Waals surface area contributed by atoms with Crippen molar-refractivity contribution in [3.8, 4) is 6.07 Å². The maximum absolute atomic E-state index is 12.8. The summed E-state index contributed by atoms with van der Waals surface area (Å²) < 4.78 is 5.26. The molecule has 3 rings (SSSR count). The number of benzene rings is 2. The van der Waals surface area contributed by atoms with Gasteiger partial charge in [-0.25, -0.2) is 14.8 Å². The number of nitriles is 1. The van der Waals surface area contributed by atoms with Gasteiger partial charge in [-0.3, -0.25) is 4.79 Å². The van der Waals surface area contributed by atoms with Crippen molar-refractivity contribution in [1.29, 1.82) is 5.26 Å². The Morgan fingerprint density at radius 2 is 1.84 bits per heavy atom. The fourth-order valence-corrected chi connectivity index (χ4v) is 2.96. The molecular formula is C24H23N5O3. The highest BCUT2D eigenvalue weighted by atomic mass is 16.5. The largest absolute Gasteiger partial charge is 0.452 e. The molecule has 0 saturated heterocycles. The normalized spacial score (nSPS) is 10.2. The third-order valence-electron chi connectivity index (χ3n) is 4.80. The molecule has 0 radical (unpaired) electrons. The zero-order chi connectivity index (χ0) is 22.9. The van der Waals surface area contributed by atoms with Crippen LogP contribution in [0, 0.1) is 25.2 Å². The molecule has 1 N–H and O–H groups in total. The van der Waals surface area contributed by atoms with Crippen molar-refractivity contribution in [2.24, 2.45) is 0 Å². The summed E-state index contributed by atoms with van der Waals surface area (Å²) in [6.45, 7) is 3.71. The highest BCUT2D eigenvalue weighted by Gasteiger charge is 2.19. The summed E-state index contributed by atoms with van der Waals surface area (Å²) in [7, 11) is 0. The highest BCUT2D eigenvalue weighted by molar-refractivity contribution is 5.97. The van der Waals surface area contributed by atoms with Crippen molar-refractivity contribution in [3.05, 3.63) is 77.6 Å². The van der Waals surface area contributed by atoms with E-state index in [2.05, 4.69) is 15.3 Å². The number of amides is 1. The number of esters is 1. The standard InChI is InChI=1S/C24H23N5O3/c1-17-8-9-21(14-18(17)2)29(13-4-10-25)22(30)16-32-23(31)19-6-3-7-20(15-19)28-24-26-11-5-12-27-24/h3,5-9,11-12,14-15H,4,13,16H2,1-2H3,(H,26,27,28). The lowest BCUT2D eigenvalue weighted by Crippen LogP contribution is -2.35. The Balaban J connectivity index is 1.66. The minimum Gasteiger partial charge on any atom is -0.452 e. The van der Waals surface area contributed by atoms with Crippen LogP contribution in [0.15, 0.2) is 60.9 Å². The first kappa shape index (κ1) is 22.4. The van der Waals surface area contributed by atoms with E-state index in [1.165, 1.54) is 4.90 Å². The monoisotopic (exact) mass is 429 g/mol. The molecule has 0 aliphatic rings. The first-order valence-electron chi connectivity index (χ1n) is 10.0. The number of rotatable bonds is 8. The lowest BCUT2D eigenvalue weighted by Gasteiger charge is -2.22. The number of nitrogens with zero attached hydrogens (tertiary/aromatic N) is 4. The van der Waals surface area contributed by atoms with Crippen molar-refractivity contribution in [2.75, 3.05) is 23.4 Å². The molecule has 0 aliphatic carbocycles. The Bertz CT molecular complexity index is 1140. The zero-order valence-electron chi connectivity index (χ0n) is 17.9. The Hall–Kier alpha value is -4.25. The first-order valence-corrected chi connectivity index (χ1v) is 10.0. The average molecular weight is 429 g/mol. The fourth-order valence-electron chi connectivity index (χ4n) is 2.96. The van der Waals surface area contributed by atoms with Gasteiger partial charge in [0.2, 0.25) is 5.95 Å². The summed E-state index contributed by atoms with van der Waals surface area (Å²) in [4.78, 5) is 34.9. The van der Waals surface area contributed by atoms with Crippen molar-refractivity contribution < 1.29 is 14.3 Å². The highest BCUT2D eigenvalue weighted by Crippen LogP contribution is 2.20. The van der Waals surface area contributed by atoms with Crippen molar-refractivity contribution >= 4 is 29.2 Å². The minimum absolute atomic E-state index is 0.169. The van der Waals surface area contributed by atoms with Crippen LogP contribution in [0.25, 0.3) is 0 Å². The summed E-state index contributed by atoms with van der Waals surface area (Å²) in [6.07, 6.45) is 3.38. The maximum atomic E-state index is 12.8. The van der Waals surface area contributed by atoms with Crippen molar-refractivity contribution in [2.45, 2.75) is 20.3 Å². The van der Waals surface area contributed by atoms with Crippen LogP contribution in [-0.2, 0) is 9.53 Å². The van der Waals surface area contributed by atoms with Gasteiger partial charge >= 0.3 is 5.97 Å². The summed E-state index contributed by atoms with van der Waals surface area (Å²) in [6, 6.07) is 16.0. The van der Waals surface area contributed by atoms with E-state index in [4.69, 9.17) is 10.00 Å². The molecule has 162 valence electrons. The van der Waals surface area contributed by atoms with Crippen LogP contribution in [0.2, 0.25) is 0 Å². The molecule has 3 aromatic rings. The number of carbonyl (C=O) groups excluding carboxylic acids is 2. The van der Waals surface area contributed by atoms with Gasteiger partial charge in [-0.1, -0.05) is 12.1 Å². The summed E-state index contributed by atoms with van der Waals surface area (Å²) in [5.74, 6) is -0.630. The van der Waals surface area contributed by atoms with Crippen LogP contribution in [0.3, 0.4) is 0 Å². The third kappa shape index (κ3) is 5.89. The third-order valence-corrected chi connectivity index (χ3v) is 4.80. The van der Waals surface area contributed by atoms with E-state index < -0.39 is 18.5 Å². The predicted octanol–water partition coefficient (Wildman–Crippen LogP) is 3.94. The molecule has 0 fully saturated rings. The second-order valence-corrected chi connectivity index (χ2v) is 7.08. The number of aryl methyl sites for hydroxylation is 2. The molecule has 0 atom stereocenters. The maximum Gasteiger partial charge on any atom is 0.338 e. The minimum atomic E-state index is -0.628. The second-order valence-electron chi connectivity index (χ2n) is 7.08. The van der Waals surface area contributed by atoms with Gasteiger partial charge in [0.1, 0.15) is 0 Å². The van der Waals surface area contributed by atoms with Gasteiger partial charge in [0, 0.05) is 30.3 Å². The van der Waals surface area contributed by atoms with Crippen LogP contribution < -0.4 is 10.2 Å². The molecule has 8 nitrogen and oxygen atoms in total. The number of nitrogens with one attached hydrogen (secondary N) is 1. The summed E-state index contributed by atoms with van der Waals surface area (Å²) in [5.41, 5.74) is 3.69. The van der Waals surface area contributed by atoms with Crippen LogP contribution in [0.4, 0.5) is 17.3 Å². The molecule has 0 unspecified atom stereocenters. The smallest absolute Gasteiger partial charge is 0.338 e. The molecule has 1 aromatic heterocycles. The van der Waals surface area contributed by atoms with E-state index >= 15 is 0 Å². The number of aromatic nitrogens is 2. The number of ether oxygens (including phenoxy) is 1. The number of hydrogen-bond donors (Lipinski definition) is 1. The van der Waals surface area contributed by atoms with E-state index in [9.17, 15) is 9.59 Å². The molecule has 32 heavy (non-hydrogen) atoms. The van der Waals surface area contributed by atoms with Gasteiger partial charge in [0.05, 0.1) is 18.1 Å². The van der Waals surface area contributed by atoms with E-state index in [0.717, 1.165) is 11.1 Å². The molecule has 8 heteroatoms. The molecule has 0 aliphatic heterocycles. The van der Waals surface area contributed by atoms with Crippen LogP contribution in [-0.4, -0.2) is 35.0 Å². The molecule has 1 heterocycles. The quantitative estimate of drug-likeness (QED) is 0.540. The molecule has 0 spiro atoms. The lowest BCUT2D eigenvalue weighted by atomic mass is 10.1. The summed E-state index contributed by atoms with van der Waals surface area (Å²) in [5, 5.41) is 12.0. The molecular weight excluding hydrogens is 406 g/mol. The van der Waals surface area contributed by atoms with Crippen molar-refractivity contribution in [1.82, 2.24) is 9.97 Å². The van der Waals surface area contributed by atoms with Crippen LogP contribution in [0.5, 0.6) is 0 Å². The summed E-state index contributed by atoms with van der Waals surface area (Å²) >= 11 is 0. The first-order chi connectivity index (χ1) is 15.5. The van der Waals surface area contributed by atoms with Gasteiger partial charge in [-0.15, -0.1) is 0 Å². The van der Waals surface area contributed by atoms with Gasteiger partial charge in [0.15, 0.2) is 6.61 Å². The molecule has 0 saturated carbocycles. The van der Waals surface area contributed by atoms with Crippen molar-refractivity contribution in [3.63, 3.8) is 0 Å². The zero-order valence-corrected chi connectivity index (χ0v) is 17.9. The van der Waals surface area contributed by atoms with E-state index in [1.807, 2.05) is 38.1 Å². The van der Waals surface area contributed by atoms with Gasteiger partial charge < -0.3 is 15.0 Å². The SMILES string of the molecule is Cc1ccc(N(CCC#N)C(=O)COC(=O)c2cccc(Nc3ncccn3)c2)cc1C. The number of carbonyl (C=O) groups is 2. The van der Waals surface area contributed by atoms with Gasteiger partial charge in [-0.05, 0) is 61.4 Å². The average Bonchev–Trinajstić information content (AvgIpc) is 2.80. The fraction of sp³-hybridized carbons (Fsp3) is 0.208. The van der Waals surface area contributed by atoms with Gasteiger partial charge in [-0.2, -0.15) is 5.26 Å². The second kappa shape index (κ2) is 10.7. The Kier molecular flexibility index (Phi) is 7.49. The van der Waals surface area contributed by atoms with Crippen LogP contribution in [0.1, 0.15) is 27.9 Å². The molecule has 1 amide bonds. The Labute approximate surface area is 186 Å². The lowest BCUT2D eigenvalue weighted by molar-refractivity contribution is -0.121. The predicted molar refractivity (Wildman–Crippen MR) is 121 cm³/mol. The Morgan fingerprint density at radius 1 is 1.06 bits per heavy atom. The van der Waals surface area contributed by atoms with Crippen LogP contribution >= 0.6 is 0 Å². The topological polar surface area (TPSA) is 108 Å². The van der Waals surface area contributed by atoms with E-state index in [0.29, 0.717) is 17.3 Å². The Morgan fingerprint density at radius 3 is 2.56 bits per heavy atom. The van der Waals surface area contributed by atoms with E-state index in [-0.39, 0.29) is 18.5 Å². The van der Waals surface area contributed by atoms with E-state index in [1.54, 1.807) is 42.7 Å². The molecule has 0 bridgehead atoms.